The van der Waals surface area contributed by atoms with Gasteiger partial charge < -0.3 is 10.5 Å². The zero-order chi connectivity index (χ0) is 10.7. The summed E-state index contributed by atoms with van der Waals surface area (Å²) in [6.07, 6.45) is 6.67. The third-order valence-electron chi connectivity index (χ3n) is 3.81. The van der Waals surface area contributed by atoms with Crippen LogP contribution in [-0.4, -0.2) is 42.8 Å². The standard InChI is InChI=1S/C12H24N2O/c1-10-4-5-11(13)9-14(10)7-6-12-3-2-8-15-12/h10-12H,2-9,13H2,1H3. The number of ether oxygens (including phenoxy) is 1. The highest BCUT2D eigenvalue weighted by atomic mass is 16.5. The van der Waals surface area contributed by atoms with Gasteiger partial charge in [0.2, 0.25) is 0 Å². The van der Waals surface area contributed by atoms with Gasteiger partial charge in [0.25, 0.3) is 0 Å². The summed E-state index contributed by atoms with van der Waals surface area (Å²) in [4.78, 5) is 2.54. The normalized spacial score (nSPS) is 38.4. The molecule has 2 saturated heterocycles. The highest BCUT2D eigenvalue weighted by Crippen LogP contribution is 2.20. The van der Waals surface area contributed by atoms with Crippen molar-refractivity contribution in [1.82, 2.24) is 4.90 Å². The van der Waals surface area contributed by atoms with Crippen LogP contribution >= 0.6 is 0 Å². The Morgan fingerprint density at radius 3 is 2.93 bits per heavy atom. The molecular weight excluding hydrogens is 188 g/mol. The quantitative estimate of drug-likeness (QED) is 0.768. The topological polar surface area (TPSA) is 38.5 Å². The van der Waals surface area contributed by atoms with E-state index in [1.807, 2.05) is 0 Å². The largest absolute Gasteiger partial charge is 0.378 e. The van der Waals surface area contributed by atoms with Gasteiger partial charge in [-0.05, 0) is 39.0 Å². The maximum Gasteiger partial charge on any atom is 0.0588 e. The first-order chi connectivity index (χ1) is 7.25. The summed E-state index contributed by atoms with van der Waals surface area (Å²) in [5.74, 6) is 0. The third kappa shape index (κ3) is 3.16. The second-order valence-corrected chi connectivity index (χ2v) is 5.11. The van der Waals surface area contributed by atoms with Crippen LogP contribution in [0.2, 0.25) is 0 Å². The number of rotatable bonds is 3. The van der Waals surface area contributed by atoms with E-state index in [1.165, 1.54) is 38.6 Å². The Labute approximate surface area is 93.0 Å². The van der Waals surface area contributed by atoms with Crippen LogP contribution in [0.25, 0.3) is 0 Å². The molecule has 2 aliphatic rings. The van der Waals surface area contributed by atoms with E-state index in [9.17, 15) is 0 Å². The zero-order valence-corrected chi connectivity index (χ0v) is 9.82. The molecule has 3 atom stereocenters. The number of piperidine rings is 1. The number of hydrogen-bond acceptors (Lipinski definition) is 3. The summed E-state index contributed by atoms with van der Waals surface area (Å²) in [6.45, 7) is 5.54. The summed E-state index contributed by atoms with van der Waals surface area (Å²) in [6, 6.07) is 1.11. The van der Waals surface area contributed by atoms with E-state index in [0.717, 1.165) is 13.2 Å². The van der Waals surface area contributed by atoms with Gasteiger partial charge in [-0.1, -0.05) is 0 Å². The molecule has 15 heavy (non-hydrogen) atoms. The maximum atomic E-state index is 6.00. The van der Waals surface area contributed by atoms with E-state index in [-0.39, 0.29) is 0 Å². The molecule has 2 N–H and O–H groups in total. The van der Waals surface area contributed by atoms with E-state index in [1.54, 1.807) is 0 Å². The van der Waals surface area contributed by atoms with E-state index in [0.29, 0.717) is 18.2 Å². The molecule has 0 bridgehead atoms. The predicted octanol–water partition coefficient (Wildman–Crippen LogP) is 1.37. The first-order valence-electron chi connectivity index (χ1n) is 6.37. The molecule has 0 aromatic carbocycles. The minimum absolute atomic E-state index is 0.394. The lowest BCUT2D eigenvalue weighted by Gasteiger charge is -2.37. The van der Waals surface area contributed by atoms with Gasteiger partial charge in [0, 0.05) is 31.8 Å². The van der Waals surface area contributed by atoms with Crippen molar-refractivity contribution in [2.45, 2.75) is 57.2 Å². The number of nitrogens with two attached hydrogens (primary N) is 1. The van der Waals surface area contributed by atoms with E-state index >= 15 is 0 Å². The maximum absolute atomic E-state index is 6.00. The molecule has 0 aromatic rings. The Kier molecular flexibility index (Phi) is 4.00. The second kappa shape index (κ2) is 5.28. The fourth-order valence-electron chi connectivity index (χ4n) is 2.70. The third-order valence-corrected chi connectivity index (χ3v) is 3.81. The molecule has 0 spiro atoms. The van der Waals surface area contributed by atoms with Crippen molar-refractivity contribution in [3.05, 3.63) is 0 Å². The molecule has 3 nitrogen and oxygen atoms in total. The fraction of sp³-hybridized carbons (Fsp3) is 1.00. The van der Waals surface area contributed by atoms with Crippen molar-refractivity contribution in [1.29, 1.82) is 0 Å². The van der Waals surface area contributed by atoms with Gasteiger partial charge in [-0.25, -0.2) is 0 Å². The Hall–Kier alpha value is -0.120. The van der Waals surface area contributed by atoms with Crippen molar-refractivity contribution in [3.8, 4) is 0 Å². The number of hydrogen-bond donors (Lipinski definition) is 1. The Morgan fingerprint density at radius 1 is 1.33 bits per heavy atom. The van der Waals surface area contributed by atoms with Gasteiger partial charge in [-0.3, -0.25) is 4.90 Å². The molecular formula is C12H24N2O. The summed E-state index contributed by atoms with van der Waals surface area (Å²) in [5, 5.41) is 0. The molecule has 0 aliphatic carbocycles. The monoisotopic (exact) mass is 212 g/mol. The second-order valence-electron chi connectivity index (χ2n) is 5.11. The average Bonchev–Trinajstić information content (AvgIpc) is 2.72. The highest BCUT2D eigenvalue weighted by Gasteiger charge is 2.24. The molecule has 2 heterocycles. The predicted molar refractivity (Wildman–Crippen MR) is 61.8 cm³/mol. The van der Waals surface area contributed by atoms with E-state index < -0.39 is 0 Å². The van der Waals surface area contributed by atoms with Crippen molar-refractivity contribution >= 4 is 0 Å². The smallest absolute Gasteiger partial charge is 0.0588 e. The zero-order valence-electron chi connectivity index (χ0n) is 9.82. The Bertz CT molecular complexity index is 192. The van der Waals surface area contributed by atoms with Crippen LogP contribution in [0.15, 0.2) is 0 Å². The van der Waals surface area contributed by atoms with Crippen LogP contribution in [0.4, 0.5) is 0 Å². The lowest BCUT2D eigenvalue weighted by Crippen LogP contribution is -2.48. The Morgan fingerprint density at radius 2 is 2.20 bits per heavy atom. The summed E-state index contributed by atoms with van der Waals surface area (Å²) in [7, 11) is 0. The van der Waals surface area contributed by atoms with Gasteiger partial charge in [-0.15, -0.1) is 0 Å². The summed E-state index contributed by atoms with van der Waals surface area (Å²) in [5.41, 5.74) is 6.00. The molecule has 2 fully saturated rings. The minimum atomic E-state index is 0.394. The van der Waals surface area contributed by atoms with E-state index in [2.05, 4.69) is 11.8 Å². The number of likely N-dealkylation sites (tertiary alicyclic amines) is 1. The van der Waals surface area contributed by atoms with Gasteiger partial charge in [0.05, 0.1) is 6.10 Å². The van der Waals surface area contributed by atoms with Crippen LogP contribution in [0, 0.1) is 0 Å². The minimum Gasteiger partial charge on any atom is -0.378 e. The first-order valence-corrected chi connectivity index (χ1v) is 6.37. The summed E-state index contributed by atoms with van der Waals surface area (Å²) < 4.78 is 5.65. The van der Waals surface area contributed by atoms with Gasteiger partial charge >= 0.3 is 0 Å². The molecule has 0 amide bonds. The Balaban J connectivity index is 1.72. The van der Waals surface area contributed by atoms with Crippen LogP contribution in [0.1, 0.15) is 39.0 Å². The van der Waals surface area contributed by atoms with Crippen molar-refractivity contribution in [2.24, 2.45) is 5.73 Å². The molecule has 0 saturated carbocycles. The van der Waals surface area contributed by atoms with Gasteiger partial charge in [0.15, 0.2) is 0 Å². The number of nitrogens with zero attached hydrogens (tertiary/aromatic N) is 1. The fourth-order valence-corrected chi connectivity index (χ4v) is 2.70. The average molecular weight is 212 g/mol. The molecule has 88 valence electrons. The molecule has 2 aliphatic heterocycles. The van der Waals surface area contributed by atoms with Crippen LogP contribution in [0.3, 0.4) is 0 Å². The van der Waals surface area contributed by atoms with Crippen LogP contribution < -0.4 is 5.73 Å². The van der Waals surface area contributed by atoms with Crippen molar-refractivity contribution < 1.29 is 4.74 Å². The molecule has 0 aromatic heterocycles. The van der Waals surface area contributed by atoms with Crippen LogP contribution in [-0.2, 0) is 4.74 Å². The lowest BCUT2D eigenvalue weighted by atomic mass is 9.99. The highest BCUT2D eigenvalue weighted by molar-refractivity contribution is 4.81. The molecule has 3 unspecified atom stereocenters. The lowest BCUT2D eigenvalue weighted by molar-refractivity contribution is 0.0751. The molecule has 0 radical (unpaired) electrons. The van der Waals surface area contributed by atoms with E-state index in [4.69, 9.17) is 10.5 Å². The summed E-state index contributed by atoms with van der Waals surface area (Å²) >= 11 is 0. The van der Waals surface area contributed by atoms with Crippen molar-refractivity contribution in [2.75, 3.05) is 19.7 Å². The van der Waals surface area contributed by atoms with Crippen molar-refractivity contribution in [3.63, 3.8) is 0 Å². The molecule has 3 heteroatoms. The van der Waals surface area contributed by atoms with Gasteiger partial charge in [0.1, 0.15) is 0 Å². The van der Waals surface area contributed by atoms with Gasteiger partial charge in [-0.2, -0.15) is 0 Å². The SMILES string of the molecule is CC1CCC(N)CN1CCC1CCCO1. The van der Waals surface area contributed by atoms with Crippen LogP contribution in [0.5, 0.6) is 0 Å². The first kappa shape index (κ1) is 11.4. The molecule has 2 rings (SSSR count).